The van der Waals surface area contributed by atoms with Gasteiger partial charge in [-0.2, -0.15) is 0 Å². The summed E-state index contributed by atoms with van der Waals surface area (Å²) in [6.45, 7) is 1.09. The van der Waals surface area contributed by atoms with Crippen LogP contribution in [0.3, 0.4) is 0 Å². The van der Waals surface area contributed by atoms with Gasteiger partial charge in [-0.3, -0.25) is 0 Å². The summed E-state index contributed by atoms with van der Waals surface area (Å²) < 4.78 is 5.74. The van der Waals surface area contributed by atoms with Gasteiger partial charge in [-0.05, 0) is 0 Å². The number of hydrogen-bond donors (Lipinski definition) is 2. The van der Waals surface area contributed by atoms with E-state index in [4.69, 9.17) is 14.9 Å². The molecule has 78 valence electrons. The summed E-state index contributed by atoms with van der Waals surface area (Å²) in [4.78, 5) is 10.2. The number of carbonyl (C=O) groups is 1. The molecule has 0 rings (SSSR count). The van der Waals surface area contributed by atoms with Crippen LogP contribution in [0, 0.1) is 0 Å². The van der Waals surface area contributed by atoms with Crippen molar-refractivity contribution < 1.29 is 24.2 Å². The number of hydrogen-bond acceptors (Lipinski definition) is 3. The highest BCUT2D eigenvalue weighted by Crippen LogP contribution is 1.91. The average Bonchev–Trinajstić information content (AvgIpc) is 1.95. The number of rotatable bonds is 6. The van der Waals surface area contributed by atoms with Crippen LogP contribution < -0.4 is 0 Å². The van der Waals surface area contributed by atoms with Gasteiger partial charge in [-0.15, -0.1) is 0 Å². The van der Waals surface area contributed by atoms with Crippen molar-refractivity contribution in [2.45, 2.75) is 6.10 Å². The highest BCUT2D eigenvalue weighted by Gasteiger charge is 2.13. The highest BCUT2D eigenvalue weighted by atomic mass is 16.5. The summed E-state index contributed by atoms with van der Waals surface area (Å²) in [5, 5.41) is 17.1. The number of aliphatic hydroxyl groups is 1. The molecule has 0 saturated carbocycles. The molecular formula is C8H18NO4+. The van der Waals surface area contributed by atoms with E-state index in [0.717, 1.165) is 11.0 Å². The Morgan fingerprint density at radius 2 is 2.00 bits per heavy atom. The maximum Gasteiger partial charge on any atom is 0.334 e. The van der Waals surface area contributed by atoms with Crippen molar-refractivity contribution >= 4 is 5.97 Å². The largest absolute Gasteiger partial charge is 0.479 e. The molecular weight excluding hydrogens is 174 g/mol. The first kappa shape index (κ1) is 12.3. The average molecular weight is 192 g/mol. The van der Waals surface area contributed by atoms with Gasteiger partial charge in [0.1, 0.15) is 6.54 Å². The second-order valence-corrected chi connectivity index (χ2v) is 3.94. The van der Waals surface area contributed by atoms with Gasteiger partial charge in [0.05, 0.1) is 34.4 Å². The Morgan fingerprint density at radius 1 is 1.46 bits per heavy atom. The normalized spacial score (nSPS) is 14.2. The van der Waals surface area contributed by atoms with Crippen molar-refractivity contribution in [3.63, 3.8) is 0 Å². The lowest BCUT2D eigenvalue weighted by molar-refractivity contribution is -0.870. The van der Waals surface area contributed by atoms with E-state index in [1.807, 2.05) is 21.1 Å². The van der Waals surface area contributed by atoms with Gasteiger partial charge in [0, 0.05) is 0 Å². The molecule has 0 saturated heterocycles. The second-order valence-electron chi connectivity index (χ2n) is 3.94. The molecule has 0 heterocycles. The van der Waals surface area contributed by atoms with Crippen LogP contribution in [0.15, 0.2) is 0 Å². The lowest BCUT2D eigenvalue weighted by Gasteiger charge is -2.23. The summed E-state index contributed by atoms with van der Waals surface area (Å²) >= 11 is 0. The van der Waals surface area contributed by atoms with Crippen LogP contribution in [0.4, 0.5) is 0 Å². The third-order valence-corrected chi connectivity index (χ3v) is 1.47. The second kappa shape index (κ2) is 5.16. The van der Waals surface area contributed by atoms with E-state index in [0.29, 0.717) is 6.61 Å². The Morgan fingerprint density at radius 3 is 2.38 bits per heavy atom. The third-order valence-electron chi connectivity index (χ3n) is 1.47. The van der Waals surface area contributed by atoms with Crippen LogP contribution in [0.2, 0.25) is 0 Å². The Bertz CT molecular complexity index is 164. The summed E-state index contributed by atoms with van der Waals surface area (Å²) in [6.07, 6.45) is -1.41. The minimum atomic E-state index is -1.41. The molecule has 5 heteroatoms. The quantitative estimate of drug-likeness (QED) is 0.425. The lowest BCUT2D eigenvalue weighted by atomic mass is 10.4. The fourth-order valence-corrected chi connectivity index (χ4v) is 0.605. The van der Waals surface area contributed by atoms with E-state index in [1.54, 1.807) is 0 Å². The number of nitrogens with zero attached hydrogens (tertiary/aromatic N) is 1. The Hall–Kier alpha value is -0.650. The van der Waals surface area contributed by atoms with Gasteiger partial charge >= 0.3 is 5.97 Å². The minimum Gasteiger partial charge on any atom is -0.479 e. The van der Waals surface area contributed by atoms with Crippen molar-refractivity contribution in [2.24, 2.45) is 0 Å². The smallest absolute Gasteiger partial charge is 0.334 e. The number of aliphatic carboxylic acids is 1. The SMILES string of the molecule is C[N+](C)(C)CCOC[C@H](O)C(=O)O. The minimum absolute atomic E-state index is 0.144. The molecule has 0 unspecified atom stereocenters. The monoisotopic (exact) mass is 192 g/mol. The molecule has 2 N–H and O–H groups in total. The predicted octanol–water partition coefficient (Wildman–Crippen LogP) is -0.845. The van der Waals surface area contributed by atoms with Crippen LogP contribution >= 0.6 is 0 Å². The Labute approximate surface area is 78.1 Å². The summed E-state index contributed by atoms with van der Waals surface area (Å²) in [5.41, 5.74) is 0. The molecule has 0 aromatic rings. The first-order chi connectivity index (χ1) is 5.83. The zero-order chi connectivity index (χ0) is 10.5. The molecule has 0 spiro atoms. The first-order valence-corrected chi connectivity index (χ1v) is 4.12. The van der Waals surface area contributed by atoms with Gasteiger partial charge in [-0.25, -0.2) is 4.79 Å². The maximum absolute atomic E-state index is 10.2. The first-order valence-electron chi connectivity index (χ1n) is 4.12. The van der Waals surface area contributed by atoms with Gasteiger partial charge < -0.3 is 19.4 Å². The van der Waals surface area contributed by atoms with Crippen LogP contribution in [-0.4, -0.2) is 67.7 Å². The van der Waals surface area contributed by atoms with E-state index in [-0.39, 0.29) is 6.61 Å². The van der Waals surface area contributed by atoms with E-state index in [1.165, 1.54) is 0 Å². The van der Waals surface area contributed by atoms with Crippen molar-refractivity contribution in [1.82, 2.24) is 0 Å². The van der Waals surface area contributed by atoms with Crippen LogP contribution in [0.1, 0.15) is 0 Å². The third kappa shape index (κ3) is 7.70. The van der Waals surface area contributed by atoms with Gasteiger partial charge in [-0.1, -0.05) is 0 Å². The van der Waals surface area contributed by atoms with Gasteiger partial charge in [0.15, 0.2) is 6.10 Å². The fourth-order valence-electron chi connectivity index (χ4n) is 0.605. The van der Waals surface area contributed by atoms with E-state index < -0.39 is 12.1 Å². The number of aliphatic hydroxyl groups excluding tert-OH is 1. The number of likely N-dealkylation sites (N-methyl/N-ethyl adjacent to an activating group) is 1. The van der Waals surface area contributed by atoms with Crippen LogP contribution in [0.5, 0.6) is 0 Å². The molecule has 13 heavy (non-hydrogen) atoms. The van der Waals surface area contributed by atoms with Gasteiger partial charge in [0.2, 0.25) is 0 Å². The molecule has 0 fully saturated rings. The van der Waals surface area contributed by atoms with Gasteiger partial charge in [0.25, 0.3) is 0 Å². The van der Waals surface area contributed by atoms with Crippen LogP contribution in [-0.2, 0) is 9.53 Å². The Kier molecular flexibility index (Phi) is 4.90. The summed E-state index contributed by atoms with van der Waals surface area (Å²) in [5.74, 6) is -1.25. The van der Waals surface area contributed by atoms with E-state index in [2.05, 4.69) is 0 Å². The van der Waals surface area contributed by atoms with Crippen molar-refractivity contribution in [2.75, 3.05) is 40.9 Å². The van der Waals surface area contributed by atoms with Crippen molar-refractivity contribution in [3.05, 3.63) is 0 Å². The molecule has 0 aromatic carbocycles. The number of carboxylic acids is 1. The maximum atomic E-state index is 10.2. The predicted molar refractivity (Wildman–Crippen MR) is 47.4 cm³/mol. The Balaban J connectivity index is 3.41. The molecule has 1 atom stereocenters. The topological polar surface area (TPSA) is 66.8 Å². The highest BCUT2D eigenvalue weighted by molar-refractivity contribution is 5.71. The zero-order valence-corrected chi connectivity index (χ0v) is 8.36. The van der Waals surface area contributed by atoms with Crippen molar-refractivity contribution in [3.8, 4) is 0 Å². The zero-order valence-electron chi connectivity index (χ0n) is 8.36. The molecule has 0 amide bonds. The number of carboxylic acid groups (broad SMARTS) is 1. The number of quaternary nitrogens is 1. The van der Waals surface area contributed by atoms with E-state index in [9.17, 15) is 4.79 Å². The molecule has 0 aromatic heterocycles. The van der Waals surface area contributed by atoms with Crippen molar-refractivity contribution in [1.29, 1.82) is 0 Å². The molecule has 0 radical (unpaired) electrons. The molecule has 5 nitrogen and oxygen atoms in total. The standard InChI is InChI=1S/C8H17NO4/c1-9(2,3)4-5-13-6-7(10)8(11)12/h7,10H,4-6H2,1-3H3/p+1/t7-/m0/s1. The molecule has 0 aliphatic carbocycles. The summed E-state index contributed by atoms with van der Waals surface area (Å²) in [7, 11) is 6.03. The number of ether oxygens (including phenoxy) is 1. The van der Waals surface area contributed by atoms with Crippen LogP contribution in [0.25, 0.3) is 0 Å². The van der Waals surface area contributed by atoms with E-state index >= 15 is 0 Å². The molecule has 0 aliphatic rings. The summed E-state index contributed by atoms with van der Waals surface area (Å²) in [6, 6.07) is 0. The fraction of sp³-hybridized carbons (Fsp3) is 0.875. The molecule has 0 bridgehead atoms. The lowest BCUT2D eigenvalue weighted by Crippen LogP contribution is -2.38. The molecule has 0 aliphatic heterocycles.